The number of thioether (sulfide) groups is 1. The van der Waals surface area contributed by atoms with Gasteiger partial charge < -0.3 is 0 Å². The van der Waals surface area contributed by atoms with Gasteiger partial charge in [-0.25, -0.2) is 8.42 Å². The largest absolute Gasteiger partial charge is 0.268 e. The zero-order valence-corrected chi connectivity index (χ0v) is 14.6. The molecule has 0 saturated carbocycles. The quantitative estimate of drug-likeness (QED) is 0.913. The molecule has 3 rings (SSSR count). The van der Waals surface area contributed by atoms with Crippen molar-refractivity contribution in [3.8, 4) is 10.6 Å². The maximum absolute atomic E-state index is 12.7. The van der Waals surface area contributed by atoms with Crippen LogP contribution in [0.1, 0.15) is 19.9 Å². The zero-order chi connectivity index (χ0) is 15.7. The summed E-state index contributed by atoms with van der Waals surface area (Å²) >= 11 is 2.89. The Morgan fingerprint density at radius 2 is 2.23 bits per heavy atom. The van der Waals surface area contributed by atoms with Gasteiger partial charge in [-0.05, 0) is 25.3 Å². The van der Waals surface area contributed by atoms with Crippen LogP contribution in [-0.4, -0.2) is 35.7 Å². The van der Waals surface area contributed by atoms with E-state index in [0.717, 1.165) is 10.6 Å². The third-order valence-electron chi connectivity index (χ3n) is 3.08. The van der Waals surface area contributed by atoms with Crippen LogP contribution in [0.2, 0.25) is 0 Å². The summed E-state index contributed by atoms with van der Waals surface area (Å²) < 4.78 is 29.6. The van der Waals surface area contributed by atoms with Gasteiger partial charge in [-0.1, -0.05) is 17.8 Å². The molecule has 0 aliphatic carbocycles. The van der Waals surface area contributed by atoms with E-state index < -0.39 is 10.0 Å². The molecular formula is C13H16N4O2S3. The molecule has 1 aliphatic rings. The van der Waals surface area contributed by atoms with E-state index in [0.29, 0.717) is 17.4 Å². The van der Waals surface area contributed by atoms with Gasteiger partial charge in [0.05, 0.1) is 11.4 Å². The van der Waals surface area contributed by atoms with E-state index in [-0.39, 0.29) is 10.9 Å². The summed E-state index contributed by atoms with van der Waals surface area (Å²) in [4.78, 5) is 5.17. The monoisotopic (exact) mass is 356 g/mol. The van der Waals surface area contributed by atoms with E-state index in [1.54, 1.807) is 10.9 Å². The Morgan fingerprint density at radius 1 is 1.41 bits per heavy atom. The molecule has 0 radical (unpaired) electrons. The Bertz CT molecular complexity index is 791. The Morgan fingerprint density at radius 3 is 2.82 bits per heavy atom. The van der Waals surface area contributed by atoms with Gasteiger partial charge >= 0.3 is 0 Å². The minimum atomic E-state index is -3.69. The number of aromatic nitrogens is 2. The van der Waals surface area contributed by atoms with Crippen LogP contribution in [0.4, 0.5) is 0 Å². The molecule has 3 heterocycles. The van der Waals surface area contributed by atoms with Crippen LogP contribution in [-0.2, 0) is 10.0 Å². The topological polar surface area (TPSA) is 76.3 Å². The van der Waals surface area contributed by atoms with Gasteiger partial charge in [0.2, 0.25) is 0 Å². The molecule has 0 fully saturated rings. The van der Waals surface area contributed by atoms with Crippen LogP contribution in [0.15, 0.2) is 33.6 Å². The molecule has 0 unspecified atom stereocenters. The van der Waals surface area contributed by atoms with E-state index >= 15 is 0 Å². The molecule has 2 aromatic rings. The average molecular weight is 356 g/mol. The smallest absolute Gasteiger partial charge is 0.267 e. The highest BCUT2D eigenvalue weighted by Gasteiger charge is 2.26. The van der Waals surface area contributed by atoms with E-state index in [1.165, 1.54) is 23.1 Å². The van der Waals surface area contributed by atoms with Crippen LogP contribution >= 0.6 is 23.1 Å². The summed E-state index contributed by atoms with van der Waals surface area (Å²) in [5.41, 5.74) is 0.486. The number of nitrogens with one attached hydrogen (secondary N) is 1. The van der Waals surface area contributed by atoms with Gasteiger partial charge in [-0.3, -0.25) is 14.4 Å². The van der Waals surface area contributed by atoms with Gasteiger partial charge in [-0.15, -0.1) is 11.3 Å². The SMILES string of the molecule is CC(C)n1cc(S(=O)(=O)NC2=NCCS2)c(-c2cccs2)n1. The van der Waals surface area contributed by atoms with Crippen LogP contribution < -0.4 is 4.72 Å². The molecule has 1 N–H and O–H groups in total. The van der Waals surface area contributed by atoms with Crippen LogP contribution in [0.3, 0.4) is 0 Å². The van der Waals surface area contributed by atoms with Crippen molar-refractivity contribution in [2.45, 2.75) is 24.8 Å². The van der Waals surface area contributed by atoms with Crippen molar-refractivity contribution in [1.29, 1.82) is 0 Å². The summed E-state index contributed by atoms with van der Waals surface area (Å²) in [5, 5.41) is 6.81. The molecule has 6 nitrogen and oxygen atoms in total. The minimum Gasteiger partial charge on any atom is -0.268 e. The zero-order valence-electron chi connectivity index (χ0n) is 12.2. The van der Waals surface area contributed by atoms with Gasteiger partial charge in [0.25, 0.3) is 10.0 Å². The Kier molecular flexibility index (Phi) is 4.28. The molecular weight excluding hydrogens is 340 g/mol. The number of sulfonamides is 1. The predicted molar refractivity (Wildman–Crippen MR) is 91.0 cm³/mol. The Labute approximate surface area is 137 Å². The molecule has 0 aromatic carbocycles. The molecule has 0 amide bonds. The van der Waals surface area contributed by atoms with Crippen LogP contribution in [0.25, 0.3) is 10.6 Å². The van der Waals surface area contributed by atoms with Gasteiger partial charge in [0, 0.05) is 18.0 Å². The molecule has 1 aliphatic heterocycles. The van der Waals surface area contributed by atoms with Crippen molar-refractivity contribution in [3.05, 3.63) is 23.7 Å². The molecule has 2 aromatic heterocycles. The number of nitrogens with zero attached hydrogens (tertiary/aromatic N) is 3. The molecule has 118 valence electrons. The third-order valence-corrected chi connectivity index (χ3v) is 6.32. The Balaban J connectivity index is 2.04. The van der Waals surface area contributed by atoms with E-state index in [4.69, 9.17) is 0 Å². The first-order valence-electron chi connectivity index (χ1n) is 6.80. The van der Waals surface area contributed by atoms with Gasteiger partial charge in [0.1, 0.15) is 10.6 Å². The highest BCUT2D eigenvalue weighted by atomic mass is 32.2. The second-order valence-corrected chi connectivity index (χ2v) is 8.72. The lowest BCUT2D eigenvalue weighted by Gasteiger charge is -2.06. The van der Waals surface area contributed by atoms with Gasteiger partial charge in [-0.2, -0.15) is 5.10 Å². The minimum absolute atomic E-state index is 0.0841. The second-order valence-electron chi connectivity index (χ2n) is 5.03. The van der Waals surface area contributed by atoms with E-state index in [1.807, 2.05) is 31.4 Å². The number of hydrogen-bond acceptors (Lipinski definition) is 6. The summed E-state index contributed by atoms with van der Waals surface area (Å²) in [6.45, 7) is 4.57. The van der Waals surface area contributed by atoms with Crippen molar-refractivity contribution in [3.63, 3.8) is 0 Å². The lowest BCUT2D eigenvalue weighted by atomic mass is 10.3. The van der Waals surface area contributed by atoms with Crippen molar-refractivity contribution in [1.82, 2.24) is 14.5 Å². The molecule has 9 heteroatoms. The Hall–Kier alpha value is -1.32. The number of aliphatic imine (C=N–C) groups is 1. The van der Waals surface area contributed by atoms with Crippen molar-refractivity contribution < 1.29 is 8.42 Å². The fourth-order valence-corrected chi connectivity index (χ4v) is 4.95. The number of rotatable bonds is 4. The summed E-state index contributed by atoms with van der Waals surface area (Å²) in [6.07, 6.45) is 1.59. The summed E-state index contributed by atoms with van der Waals surface area (Å²) in [7, 11) is -3.69. The van der Waals surface area contributed by atoms with Crippen LogP contribution in [0.5, 0.6) is 0 Å². The maximum Gasteiger partial charge on any atom is 0.267 e. The lowest BCUT2D eigenvalue weighted by molar-refractivity contribution is 0.532. The normalized spacial score (nSPS) is 15.3. The molecule has 22 heavy (non-hydrogen) atoms. The fourth-order valence-electron chi connectivity index (χ4n) is 1.99. The third kappa shape index (κ3) is 3.06. The number of amidine groups is 1. The molecule has 0 atom stereocenters. The first kappa shape index (κ1) is 15.6. The first-order valence-corrected chi connectivity index (χ1v) is 10.2. The second kappa shape index (κ2) is 6.05. The predicted octanol–water partition coefficient (Wildman–Crippen LogP) is 2.57. The highest BCUT2D eigenvalue weighted by Crippen LogP contribution is 2.30. The standard InChI is InChI=1S/C13H16N4O2S3/c1-9(2)17-8-11(12(15-17)10-4-3-6-20-10)22(18,19)16-13-14-5-7-21-13/h3-4,6,8-9H,5,7H2,1-2H3,(H,14,16). The molecule has 0 spiro atoms. The van der Waals surface area contributed by atoms with Crippen molar-refractivity contribution in [2.24, 2.45) is 4.99 Å². The van der Waals surface area contributed by atoms with Crippen LogP contribution in [0, 0.1) is 0 Å². The fraction of sp³-hybridized carbons (Fsp3) is 0.385. The highest BCUT2D eigenvalue weighted by molar-refractivity contribution is 8.15. The number of hydrogen-bond donors (Lipinski definition) is 1. The summed E-state index contributed by atoms with van der Waals surface area (Å²) in [6, 6.07) is 3.84. The van der Waals surface area contributed by atoms with Crippen molar-refractivity contribution in [2.75, 3.05) is 12.3 Å². The molecule has 0 saturated heterocycles. The number of thiophene rings is 1. The maximum atomic E-state index is 12.7. The first-order chi connectivity index (χ1) is 10.5. The van der Waals surface area contributed by atoms with E-state index in [2.05, 4.69) is 14.8 Å². The van der Waals surface area contributed by atoms with Crippen molar-refractivity contribution >= 4 is 38.3 Å². The van der Waals surface area contributed by atoms with E-state index in [9.17, 15) is 8.42 Å². The lowest BCUT2D eigenvalue weighted by Crippen LogP contribution is -2.27. The van der Waals surface area contributed by atoms with Gasteiger partial charge in [0.15, 0.2) is 5.17 Å². The summed E-state index contributed by atoms with van der Waals surface area (Å²) in [5.74, 6) is 0.806. The average Bonchev–Trinajstić information content (AvgIpc) is 3.19. The molecule has 0 bridgehead atoms.